The maximum Gasteiger partial charge on any atom is 0.306 e. The Kier molecular flexibility index (Phi) is 58.1. The highest BCUT2D eigenvalue weighted by Crippen LogP contribution is 2.18. The summed E-state index contributed by atoms with van der Waals surface area (Å²) >= 11 is 0. The number of carbonyl (C=O) groups is 3. The van der Waals surface area contributed by atoms with Crippen LogP contribution in [0.2, 0.25) is 0 Å². The SMILES string of the molecule is CCCCCCCC/C=C\CCCCCCCCCC(=O)OCC(COC(OCC[N+](C)(C)C)C(=O)[O-])OC(=O)CCCCCCCCCCCCCCCCCCCCCCCCC/C=C\CCCCCCCCCC. The highest BCUT2D eigenvalue weighted by molar-refractivity contribution is 5.70. The number of carbonyl (C=O) groups excluding carboxylic acids is 3. The monoisotopic (exact) mass is 1090 g/mol. The fraction of sp³-hybridized carbons (Fsp3) is 0.897. The van der Waals surface area contributed by atoms with Gasteiger partial charge in [0.1, 0.15) is 13.2 Å². The van der Waals surface area contributed by atoms with Gasteiger partial charge in [-0.1, -0.05) is 282 Å². The lowest BCUT2D eigenvalue weighted by molar-refractivity contribution is -0.870. The smallest absolute Gasteiger partial charge is 0.306 e. The van der Waals surface area contributed by atoms with Gasteiger partial charge >= 0.3 is 11.9 Å². The lowest BCUT2D eigenvalue weighted by Crippen LogP contribution is -2.44. The number of aliphatic carboxylic acids is 1. The van der Waals surface area contributed by atoms with Gasteiger partial charge in [-0.25, -0.2) is 0 Å². The van der Waals surface area contributed by atoms with Crippen LogP contribution >= 0.6 is 0 Å². The quantitative estimate of drug-likeness (QED) is 0.0195. The summed E-state index contributed by atoms with van der Waals surface area (Å²) in [4.78, 5) is 37.4. The van der Waals surface area contributed by atoms with Crippen molar-refractivity contribution in [3.63, 3.8) is 0 Å². The summed E-state index contributed by atoms with van der Waals surface area (Å²) in [5.41, 5.74) is 0. The largest absolute Gasteiger partial charge is 0.545 e. The van der Waals surface area contributed by atoms with Crippen LogP contribution < -0.4 is 5.11 Å². The van der Waals surface area contributed by atoms with Crippen LogP contribution in [-0.2, 0) is 33.3 Å². The van der Waals surface area contributed by atoms with Gasteiger partial charge in [0.15, 0.2) is 12.4 Å². The van der Waals surface area contributed by atoms with Crippen LogP contribution in [0.15, 0.2) is 24.3 Å². The molecule has 0 aliphatic carbocycles. The number of hydrogen-bond donors (Lipinski definition) is 0. The van der Waals surface area contributed by atoms with E-state index in [4.69, 9.17) is 18.9 Å². The molecule has 9 nitrogen and oxygen atoms in total. The first-order valence-corrected chi connectivity index (χ1v) is 33.5. The third kappa shape index (κ3) is 61.2. The van der Waals surface area contributed by atoms with Gasteiger partial charge in [0.25, 0.3) is 0 Å². The number of quaternary nitrogens is 1. The molecule has 0 aliphatic rings. The zero-order valence-electron chi connectivity index (χ0n) is 51.9. The van der Waals surface area contributed by atoms with Gasteiger partial charge in [0.05, 0.1) is 40.3 Å². The van der Waals surface area contributed by atoms with E-state index in [1.165, 1.54) is 270 Å². The highest BCUT2D eigenvalue weighted by Gasteiger charge is 2.22. The number of hydrogen-bond acceptors (Lipinski definition) is 8. The Morgan fingerprint density at radius 3 is 0.961 bits per heavy atom. The van der Waals surface area contributed by atoms with Gasteiger partial charge in [-0.05, 0) is 64.2 Å². The van der Waals surface area contributed by atoms with Crippen LogP contribution in [0.1, 0.15) is 335 Å². The van der Waals surface area contributed by atoms with Gasteiger partial charge in [-0.15, -0.1) is 0 Å². The minimum Gasteiger partial charge on any atom is -0.545 e. The van der Waals surface area contributed by atoms with Crippen LogP contribution in [0, 0.1) is 0 Å². The molecule has 0 aromatic heterocycles. The molecule has 0 fully saturated rings. The third-order valence-corrected chi connectivity index (χ3v) is 15.2. The molecule has 0 spiro atoms. The molecule has 0 bridgehead atoms. The van der Waals surface area contributed by atoms with E-state index in [-0.39, 0.29) is 32.2 Å². The molecule has 77 heavy (non-hydrogen) atoms. The summed E-state index contributed by atoms with van der Waals surface area (Å²) in [5, 5.41) is 11.8. The van der Waals surface area contributed by atoms with Crippen molar-refractivity contribution in [1.29, 1.82) is 0 Å². The lowest BCUT2D eigenvalue weighted by Gasteiger charge is -2.26. The predicted molar refractivity (Wildman–Crippen MR) is 325 cm³/mol. The van der Waals surface area contributed by atoms with Gasteiger partial charge < -0.3 is 33.3 Å². The molecule has 2 unspecified atom stereocenters. The van der Waals surface area contributed by atoms with E-state index >= 15 is 0 Å². The topological polar surface area (TPSA) is 111 Å². The molecule has 0 saturated carbocycles. The number of allylic oxidation sites excluding steroid dienone is 4. The van der Waals surface area contributed by atoms with Crippen molar-refractivity contribution in [3.8, 4) is 0 Å². The number of nitrogens with zero attached hydrogens (tertiary/aromatic N) is 1. The lowest BCUT2D eigenvalue weighted by atomic mass is 10.0. The minimum absolute atomic E-state index is 0.150. The Balaban J connectivity index is 4.01. The molecule has 9 heteroatoms. The van der Waals surface area contributed by atoms with E-state index in [1.54, 1.807) is 0 Å². The van der Waals surface area contributed by atoms with Crippen molar-refractivity contribution in [2.24, 2.45) is 0 Å². The summed E-state index contributed by atoms with van der Waals surface area (Å²) < 4.78 is 22.8. The Hall–Kier alpha value is -2.23. The average Bonchev–Trinajstić information content (AvgIpc) is 3.40. The van der Waals surface area contributed by atoms with E-state index < -0.39 is 24.3 Å². The summed E-state index contributed by atoms with van der Waals surface area (Å²) in [6, 6.07) is 0. The molecular weight excluding hydrogens is 959 g/mol. The van der Waals surface area contributed by atoms with Gasteiger partial charge in [0, 0.05) is 12.8 Å². The second kappa shape index (κ2) is 59.9. The van der Waals surface area contributed by atoms with Crippen molar-refractivity contribution in [2.75, 3.05) is 47.5 Å². The third-order valence-electron chi connectivity index (χ3n) is 15.2. The van der Waals surface area contributed by atoms with Gasteiger partial charge in [0.2, 0.25) is 0 Å². The number of ether oxygens (including phenoxy) is 4. The zero-order valence-corrected chi connectivity index (χ0v) is 51.9. The predicted octanol–water partition coefficient (Wildman–Crippen LogP) is 18.9. The Bertz CT molecular complexity index is 1310. The van der Waals surface area contributed by atoms with Crippen molar-refractivity contribution in [2.45, 2.75) is 347 Å². The number of carboxylic acids is 1. The molecule has 0 N–H and O–H groups in total. The van der Waals surface area contributed by atoms with E-state index in [2.05, 4.69) is 38.2 Å². The van der Waals surface area contributed by atoms with E-state index in [1.807, 2.05) is 21.1 Å². The molecule has 0 aliphatic heterocycles. The van der Waals surface area contributed by atoms with E-state index in [0.29, 0.717) is 17.4 Å². The molecule has 0 aromatic carbocycles. The number of carboxylic acid groups (broad SMARTS) is 1. The molecule has 0 amide bonds. The Morgan fingerprint density at radius 1 is 0.377 bits per heavy atom. The maximum absolute atomic E-state index is 12.9. The van der Waals surface area contributed by atoms with Gasteiger partial charge in [-0.2, -0.15) is 0 Å². The zero-order chi connectivity index (χ0) is 56.2. The normalized spacial score (nSPS) is 12.8. The number of likely N-dealkylation sites (N-methyl/N-ethyl adjacent to an activating group) is 1. The van der Waals surface area contributed by atoms with Crippen LogP contribution in [0.5, 0.6) is 0 Å². The van der Waals surface area contributed by atoms with Crippen LogP contribution in [0.25, 0.3) is 0 Å². The van der Waals surface area contributed by atoms with Crippen LogP contribution in [0.4, 0.5) is 0 Å². The van der Waals surface area contributed by atoms with Crippen LogP contribution in [-0.4, -0.2) is 82.3 Å². The van der Waals surface area contributed by atoms with E-state index in [9.17, 15) is 19.5 Å². The summed E-state index contributed by atoms with van der Waals surface area (Å²) in [6.07, 6.45) is 69.8. The molecule has 0 aromatic rings. The first-order chi connectivity index (χ1) is 37.6. The average molecular weight is 1090 g/mol. The van der Waals surface area contributed by atoms with Gasteiger partial charge in [-0.3, -0.25) is 9.59 Å². The molecule has 2 atom stereocenters. The standard InChI is InChI=1S/C68H129NO8/c1-6-8-10-12-14-16-18-20-22-24-25-26-27-28-29-30-31-32-33-34-35-36-37-38-39-40-41-43-45-47-49-51-53-55-57-59-66(71)77-64(63-76-68(67(72)73)74-61-60-69(3,4)5)62-75-65(70)58-56-54-52-50-48-46-44-42-23-21-19-17-15-13-11-9-7-2/h21,23-25,64,68H,6-20,22,26-63H2,1-5H3/b23-21-,25-24-. The molecule has 454 valence electrons. The highest BCUT2D eigenvalue weighted by atomic mass is 16.7. The van der Waals surface area contributed by atoms with Crippen molar-refractivity contribution in [3.05, 3.63) is 24.3 Å². The Morgan fingerprint density at radius 2 is 0.662 bits per heavy atom. The molecular formula is C68H129NO8. The second-order valence-electron chi connectivity index (χ2n) is 24.1. The van der Waals surface area contributed by atoms with Crippen molar-refractivity contribution < 1.29 is 42.9 Å². The second-order valence-corrected chi connectivity index (χ2v) is 24.1. The summed E-state index contributed by atoms with van der Waals surface area (Å²) in [6.45, 7) is 4.79. The first kappa shape index (κ1) is 74.8. The van der Waals surface area contributed by atoms with E-state index in [0.717, 1.165) is 38.5 Å². The molecule has 0 heterocycles. The fourth-order valence-corrected chi connectivity index (χ4v) is 10.0. The number of rotatable bonds is 63. The summed E-state index contributed by atoms with van der Waals surface area (Å²) in [7, 11) is 5.94. The first-order valence-electron chi connectivity index (χ1n) is 33.5. The maximum atomic E-state index is 12.9. The van der Waals surface area contributed by atoms with Crippen molar-refractivity contribution in [1.82, 2.24) is 0 Å². The number of unbranched alkanes of at least 4 members (excludes halogenated alkanes) is 44. The minimum atomic E-state index is -1.62. The van der Waals surface area contributed by atoms with Crippen molar-refractivity contribution >= 4 is 17.9 Å². The molecule has 0 rings (SSSR count). The fourth-order valence-electron chi connectivity index (χ4n) is 10.0. The molecule has 0 saturated heterocycles. The molecule has 0 radical (unpaired) electrons. The number of esters is 2. The van der Waals surface area contributed by atoms with Crippen LogP contribution in [0.3, 0.4) is 0 Å². The Labute approximate surface area is 478 Å². The summed E-state index contributed by atoms with van der Waals surface area (Å²) in [5.74, 6) is -2.26.